The number of aryl methyl sites for hydroxylation is 3. The lowest BCUT2D eigenvalue weighted by atomic mass is 10.0. The molecule has 7 nitrogen and oxygen atoms in total. The number of benzene rings is 2. The number of aliphatic hydroxyl groups excluding tert-OH is 1. The van der Waals surface area contributed by atoms with E-state index in [2.05, 4.69) is 15.4 Å². The Morgan fingerprint density at radius 2 is 1.78 bits per heavy atom. The minimum Gasteiger partial charge on any atom is -0.396 e. The lowest BCUT2D eigenvalue weighted by Gasteiger charge is -2.18. The van der Waals surface area contributed by atoms with Crippen LogP contribution >= 0.6 is 0 Å². The second kappa shape index (κ2) is 9.81. The molecular weight excluding hydrogens is 492 g/mol. The van der Waals surface area contributed by atoms with Gasteiger partial charge in [-0.05, 0) is 62.1 Å². The van der Waals surface area contributed by atoms with Crippen LogP contribution in [0.2, 0.25) is 0 Å². The van der Waals surface area contributed by atoms with E-state index in [0.717, 1.165) is 27.8 Å². The highest BCUT2D eigenvalue weighted by atomic mass is 19.4. The maximum Gasteiger partial charge on any atom is 0.421 e. The highest BCUT2D eigenvalue weighted by molar-refractivity contribution is 5.96. The summed E-state index contributed by atoms with van der Waals surface area (Å²) in [4.78, 5) is 28.6. The molecule has 0 bridgehead atoms. The van der Waals surface area contributed by atoms with E-state index < -0.39 is 52.9 Å². The molecule has 0 spiro atoms. The number of nitrogens with zero attached hydrogens (tertiary/aromatic N) is 2. The zero-order valence-corrected chi connectivity index (χ0v) is 20.2. The number of nitrogens with one attached hydrogen (secondary N) is 2. The first-order chi connectivity index (χ1) is 17.4. The van der Waals surface area contributed by atoms with Crippen LogP contribution in [-0.2, 0) is 6.18 Å². The number of aromatic nitrogens is 3. The minimum atomic E-state index is -5.07. The largest absolute Gasteiger partial charge is 0.421 e. The number of alkyl halides is 3. The van der Waals surface area contributed by atoms with Crippen LogP contribution in [0.5, 0.6) is 0 Å². The number of halogens is 4. The number of fused-ring (bicyclic) bond motifs is 1. The zero-order valence-electron chi connectivity index (χ0n) is 20.2. The molecule has 37 heavy (non-hydrogen) atoms. The fraction of sp³-hybridized carbons (Fsp3) is 0.269. The summed E-state index contributed by atoms with van der Waals surface area (Å²) in [7, 11) is 0. The molecule has 0 saturated carbocycles. The van der Waals surface area contributed by atoms with Gasteiger partial charge in [0.05, 0.1) is 17.4 Å². The van der Waals surface area contributed by atoms with E-state index in [1.807, 2.05) is 19.9 Å². The molecule has 3 N–H and O–H groups in total. The highest BCUT2D eigenvalue weighted by Gasteiger charge is 2.42. The van der Waals surface area contributed by atoms with Gasteiger partial charge in [-0.25, -0.2) is 8.91 Å². The number of aliphatic hydroxyl groups is 1. The van der Waals surface area contributed by atoms with Crippen molar-refractivity contribution in [1.29, 1.82) is 0 Å². The number of hydrogen-bond donors (Lipinski definition) is 3. The zero-order chi connectivity index (χ0) is 27.1. The summed E-state index contributed by atoms with van der Waals surface area (Å²) < 4.78 is 56.7. The average molecular weight is 516 g/mol. The lowest BCUT2D eigenvalue weighted by molar-refractivity contribution is -0.136. The Kier molecular flexibility index (Phi) is 6.92. The van der Waals surface area contributed by atoms with Gasteiger partial charge < -0.3 is 15.4 Å². The number of carbonyl (C=O) groups is 1. The Balaban J connectivity index is 1.86. The molecule has 0 aliphatic carbocycles. The molecule has 4 rings (SSSR count). The molecule has 4 aromatic rings. The number of rotatable bonds is 6. The van der Waals surface area contributed by atoms with Crippen molar-refractivity contribution in [3.63, 3.8) is 0 Å². The van der Waals surface area contributed by atoms with Crippen molar-refractivity contribution in [2.24, 2.45) is 0 Å². The molecule has 0 aliphatic rings. The molecular formula is C26H24F4N4O3. The number of H-pyrrole nitrogens is 1. The summed E-state index contributed by atoms with van der Waals surface area (Å²) in [6.45, 7) is 4.88. The Bertz CT molecular complexity index is 1540. The quantitative estimate of drug-likeness (QED) is 0.326. The number of amides is 1. The van der Waals surface area contributed by atoms with Crippen LogP contribution in [0.3, 0.4) is 0 Å². The van der Waals surface area contributed by atoms with E-state index in [1.54, 1.807) is 12.1 Å². The van der Waals surface area contributed by atoms with Crippen molar-refractivity contribution >= 4 is 11.4 Å². The topological polar surface area (TPSA) is 99.5 Å². The summed E-state index contributed by atoms with van der Waals surface area (Å²) in [5, 5.41) is 15.8. The fourth-order valence-corrected chi connectivity index (χ4v) is 4.22. The predicted molar refractivity (Wildman–Crippen MR) is 129 cm³/mol. The van der Waals surface area contributed by atoms with Crippen LogP contribution in [0, 0.1) is 26.6 Å². The van der Waals surface area contributed by atoms with Gasteiger partial charge in [-0.2, -0.15) is 18.3 Å². The molecule has 0 aliphatic heterocycles. The third-order valence-electron chi connectivity index (χ3n) is 6.31. The summed E-state index contributed by atoms with van der Waals surface area (Å²) in [5.74, 6) is -1.72. The van der Waals surface area contributed by atoms with Crippen molar-refractivity contribution in [3.05, 3.63) is 92.3 Å². The number of aromatic amines is 1. The highest BCUT2D eigenvalue weighted by Crippen LogP contribution is 2.35. The molecule has 1 unspecified atom stereocenters. The monoisotopic (exact) mass is 516 g/mol. The molecule has 11 heteroatoms. The summed E-state index contributed by atoms with van der Waals surface area (Å²) >= 11 is 0. The molecule has 1 atom stereocenters. The molecule has 0 radical (unpaired) electrons. The van der Waals surface area contributed by atoms with Crippen molar-refractivity contribution < 1.29 is 27.5 Å². The van der Waals surface area contributed by atoms with Gasteiger partial charge in [0, 0.05) is 12.2 Å². The van der Waals surface area contributed by atoms with Crippen LogP contribution in [0.25, 0.3) is 16.8 Å². The summed E-state index contributed by atoms with van der Waals surface area (Å²) in [6.07, 6.45) is -5.11. The van der Waals surface area contributed by atoms with Gasteiger partial charge in [0.2, 0.25) is 0 Å². The normalized spacial score (nSPS) is 12.6. The third kappa shape index (κ3) is 4.99. The van der Waals surface area contributed by atoms with Crippen molar-refractivity contribution in [2.75, 3.05) is 6.61 Å². The van der Waals surface area contributed by atoms with Crippen molar-refractivity contribution in [3.8, 4) is 11.3 Å². The van der Waals surface area contributed by atoms with E-state index in [4.69, 9.17) is 0 Å². The summed E-state index contributed by atoms with van der Waals surface area (Å²) in [5.41, 5.74) is -0.953. The van der Waals surface area contributed by atoms with Crippen LogP contribution in [0.15, 0.2) is 47.3 Å². The van der Waals surface area contributed by atoms with Gasteiger partial charge >= 0.3 is 6.18 Å². The second-order valence-corrected chi connectivity index (χ2v) is 8.79. The Morgan fingerprint density at radius 3 is 2.38 bits per heavy atom. The van der Waals surface area contributed by atoms with Crippen molar-refractivity contribution in [1.82, 2.24) is 19.9 Å². The van der Waals surface area contributed by atoms with Gasteiger partial charge in [-0.3, -0.25) is 9.59 Å². The first kappa shape index (κ1) is 26.1. The van der Waals surface area contributed by atoms with Gasteiger partial charge in [0.25, 0.3) is 11.5 Å². The Morgan fingerprint density at radius 1 is 1.11 bits per heavy atom. The molecule has 194 valence electrons. The Hall–Kier alpha value is -3.99. The van der Waals surface area contributed by atoms with Crippen LogP contribution in [-0.4, -0.2) is 32.2 Å². The van der Waals surface area contributed by atoms with Crippen LogP contribution < -0.4 is 10.9 Å². The number of carbonyl (C=O) groups excluding carboxylic acids is 1. The second-order valence-electron chi connectivity index (χ2n) is 8.79. The first-order valence-electron chi connectivity index (χ1n) is 11.4. The molecule has 2 heterocycles. The van der Waals surface area contributed by atoms with E-state index in [9.17, 15) is 32.3 Å². The van der Waals surface area contributed by atoms with E-state index in [0.29, 0.717) is 11.1 Å². The minimum absolute atomic E-state index is 0.0391. The Labute approximate surface area is 208 Å². The van der Waals surface area contributed by atoms with E-state index in [-0.39, 0.29) is 17.8 Å². The SMILES string of the molecule is Cc1ccc(-c2[nH]c(=O)c3c(C(F)(F)F)c(C(=O)NC(CCO)c4ccc(F)cc4)nn3c2C)cc1C. The maximum absolute atomic E-state index is 14.2. The van der Waals surface area contributed by atoms with Gasteiger partial charge in [-0.15, -0.1) is 0 Å². The first-order valence-corrected chi connectivity index (χ1v) is 11.4. The summed E-state index contributed by atoms with van der Waals surface area (Å²) in [6, 6.07) is 9.41. The van der Waals surface area contributed by atoms with Gasteiger partial charge in [0.1, 0.15) is 16.9 Å². The van der Waals surface area contributed by atoms with Gasteiger partial charge in [-0.1, -0.05) is 24.3 Å². The van der Waals surface area contributed by atoms with Crippen molar-refractivity contribution in [2.45, 2.75) is 39.4 Å². The smallest absolute Gasteiger partial charge is 0.396 e. The molecule has 0 saturated heterocycles. The fourth-order valence-electron chi connectivity index (χ4n) is 4.22. The molecule has 0 fully saturated rings. The molecule has 2 aromatic heterocycles. The number of hydrogen-bond acceptors (Lipinski definition) is 4. The van der Waals surface area contributed by atoms with Gasteiger partial charge in [0.15, 0.2) is 5.69 Å². The maximum atomic E-state index is 14.2. The van der Waals surface area contributed by atoms with E-state index in [1.165, 1.54) is 19.1 Å². The predicted octanol–water partition coefficient (Wildman–Crippen LogP) is 4.63. The van der Waals surface area contributed by atoms with E-state index >= 15 is 0 Å². The third-order valence-corrected chi connectivity index (χ3v) is 6.31. The van der Waals surface area contributed by atoms with Crippen LogP contribution in [0.4, 0.5) is 17.6 Å². The van der Waals surface area contributed by atoms with Crippen LogP contribution in [0.1, 0.15) is 50.9 Å². The molecule has 2 aromatic carbocycles. The lowest BCUT2D eigenvalue weighted by Crippen LogP contribution is -2.31. The average Bonchev–Trinajstić information content (AvgIpc) is 3.26. The molecule has 1 amide bonds. The standard InChI is InChI=1S/C26H24F4N4O3/c1-13-4-5-17(12-14(13)2)21-15(3)34-23(25(37)32-21)20(26(28,29)30)22(33-34)24(36)31-19(10-11-35)16-6-8-18(27)9-7-16/h4-9,12,19,35H,10-11H2,1-3H3,(H,31,36)(H,32,37).